The Morgan fingerprint density at radius 3 is 2.79 bits per heavy atom. The third kappa shape index (κ3) is 2.71. The number of anilines is 1. The Labute approximate surface area is 116 Å². The summed E-state index contributed by atoms with van der Waals surface area (Å²) in [5, 5.41) is 4.74. The van der Waals surface area contributed by atoms with Gasteiger partial charge in [0.05, 0.1) is 7.11 Å². The summed E-state index contributed by atoms with van der Waals surface area (Å²) < 4.78 is 6.56. The van der Waals surface area contributed by atoms with Gasteiger partial charge in [-0.1, -0.05) is 24.3 Å². The second-order valence-corrected chi connectivity index (χ2v) is 5.50. The van der Waals surface area contributed by atoms with Crippen LogP contribution in [-0.4, -0.2) is 7.11 Å². The molecule has 0 unspecified atom stereocenters. The molecule has 0 fully saturated rings. The monoisotopic (exact) mass is 269 g/mol. The van der Waals surface area contributed by atoms with Crippen LogP contribution < -0.4 is 10.1 Å². The molecule has 2 nitrogen and oxygen atoms in total. The van der Waals surface area contributed by atoms with E-state index >= 15 is 0 Å². The van der Waals surface area contributed by atoms with Gasteiger partial charge in [0.25, 0.3) is 0 Å². The van der Waals surface area contributed by atoms with E-state index in [1.165, 1.54) is 15.0 Å². The van der Waals surface area contributed by atoms with E-state index < -0.39 is 0 Å². The lowest BCUT2D eigenvalue weighted by Gasteiger charge is -2.06. The molecule has 0 saturated carbocycles. The van der Waals surface area contributed by atoms with Gasteiger partial charge in [-0.2, -0.15) is 0 Å². The van der Waals surface area contributed by atoms with Crippen LogP contribution in [0.1, 0.15) is 4.88 Å². The van der Waals surface area contributed by atoms with Gasteiger partial charge in [0.1, 0.15) is 5.75 Å². The summed E-state index contributed by atoms with van der Waals surface area (Å²) in [7, 11) is 1.69. The van der Waals surface area contributed by atoms with Gasteiger partial charge in [-0.25, -0.2) is 0 Å². The molecule has 3 aromatic rings. The van der Waals surface area contributed by atoms with E-state index in [1.54, 1.807) is 7.11 Å². The Morgan fingerprint density at radius 1 is 1.05 bits per heavy atom. The van der Waals surface area contributed by atoms with Crippen molar-refractivity contribution in [2.75, 3.05) is 12.4 Å². The lowest BCUT2D eigenvalue weighted by Crippen LogP contribution is -1.97. The maximum Gasteiger partial charge on any atom is 0.120 e. The molecule has 3 rings (SSSR count). The summed E-state index contributed by atoms with van der Waals surface area (Å²) in [6, 6.07) is 18.7. The van der Waals surface area contributed by atoms with Crippen LogP contribution in [0.15, 0.2) is 54.6 Å². The molecular formula is C16H15NOS. The molecule has 0 saturated heterocycles. The highest BCUT2D eigenvalue weighted by Gasteiger charge is 2.01. The van der Waals surface area contributed by atoms with Crippen LogP contribution in [0.2, 0.25) is 0 Å². The molecule has 0 atom stereocenters. The van der Waals surface area contributed by atoms with Gasteiger partial charge >= 0.3 is 0 Å². The summed E-state index contributed by atoms with van der Waals surface area (Å²) in [6.07, 6.45) is 0. The number of nitrogens with one attached hydrogen (secondary N) is 1. The summed E-state index contributed by atoms with van der Waals surface area (Å²) in [5.74, 6) is 0.876. The highest BCUT2D eigenvalue weighted by atomic mass is 32.1. The average Bonchev–Trinajstić information content (AvgIpc) is 2.88. The molecule has 0 spiro atoms. The van der Waals surface area contributed by atoms with Crippen molar-refractivity contribution in [2.24, 2.45) is 0 Å². The van der Waals surface area contributed by atoms with Crippen molar-refractivity contribution < 1.29 is 4.74 Å². The maximum atomic E-state index is 5.22. The summed E-state index contributed by atoms with van der Waals surface area (Å²) in [6.45, 7) is 0.840. The largest absolute Gasteiger partial charge is 0.497 e. The number of rotatable bonds is 4. The van der Waals surface area contributed by atoms with Crippen LogP contribution in [0.3, 0.4) is 0 Å². The predicted molar refractivity (Wildman–Crippen MR) is 82.1 cm³/mol. The molecular weight excluding hydrogens is 254 g/mol. The van der Waals surface area contributed by atoms with Gasteiger partial charge in [-0.3, -0.25) is 0 Å². The molecule has 96 valence electrons. The molecule has 1 aromatic heterocycles. The van der Waals surface area contributed by atoms with E-state index in [1.807, 2.05) is 29.5 Å². The van der Waals surface area contributed by atoms with E-state index in [-0.39, 0.29) is 0 Å². The minimum Gasteiger partial charge on any atom is -0.497 e. The lowest BCUT2D eigenvalue weighted by atomic mass is 10.2. The number of ether oxygens (including phenoxy) is 1. The SMILES string of the molecule is COc1cccc(NCc2cc3ccccc3s2)c1. The maximum absolute atomic E-state index is 5.22. The molecule has 1 heterocycles. The molecule has 0 bridgehead atoms. The number of methoxy groups -OCH3 is 1. The number of thiophene rings is 1. The molecule has 0 aliphatic heterocycles. The van der Waals surface area contributed by atoms with Crippen molar-refractivity contribution >= 4 is 27.1 Å². The first-order valence-corrected chi connectivity index (χ1v) is 7.02. The van der Waals surface area contributed by atoms with Crippen molar-refractivity contribution in [2.45, 2.75) is 6.54 Å². The lowest BCUT2D eigenvalue weighted by molar-refractivity contribution is 0.415. The molecule has 0 amide bonds. The highest BCUT2D eigenvalue weighted by Crippen LogP contribution is 2.26. The van der Waals surface area contributed by atoms with Crippen molar-refractivity contribution in [1.82, 2.24) is 0 Å². The first-order valence-electron chi connectivity index (χ1n) is 6.20. The average molecular weight is 269 g/mol. The van der Waals surface area contributed by atoms with E-state index in [4.69, 9.17) is 4.74 Å². The Morgan fingerprint density at radius 2 is 1.95 bits per heavy atom. The third-order valence-electron chi connectivity index (χ3n) is 3.01. The quantitative estimate of drug-likeness (QED) is 0.751. The van der Waals surface area contributed by atoms with Gasteiger partial charge in [0, 0.05) is 27.9 Å². The molecule has 0 aliphatic carbocycles. The van der Waals surface area contributed by atoms with Crippen LogP contribution in [0, 0.1) is 0 Å². The van der Waals surface area contributed by atoms with Gasteiger partial charge in [0.15, 0.2) is 0 Å². The highest BCUT2D eigenvalue weighted by molar-refractivity contribution is 7.19. The molecule has 0 radical (unpaired) electrons. The fourth-order valence-electron chi connectivity index (χ4n) is 2.05. The van der Waals surface area contributed by atoms with Gasteiger partial charge in [0.2, 0.25) is 0 Å². The van der Waals surface area contributed by atoms with Crippen molar-refractivity contribution in [3.63, 3.8) is 0 Å². The number of hydrogen-bond donors (Lipinski definition) is 1. The zero-order valence-electron chi connectivity index (χ0n) is 10.7. The van der Waals surface area contributed by atoms with Crippen molar-refractivity contribution in [3.8, 4) is 5.75 Å². The summed E-state index contributed by atoms with van der Waals surface area (Å²) >= 11 is 1.83. The summed E-state index contributed by atoms with van der Waals surface area (Å²) in [5.41, 5.74) is 1.08. The van der Waals surface area contributed by atoms with Crippen LogP contribution in [0.25, 0.3) is 10.1 Å². The van der Waals surface area contributed by atoms with E-state index in [0.29, 0.717) is 0 Å². The molecule has 3 heteroatoms. The van der Waals surface area contributed by atoms with Crippen LogP contribution in [0.5, 0.6) is 5.75 Å². The third-order valence-corrected chi connectivity index (χ3v) is 4.13. The Kier molecular flexibility index (Phi) is 3.38. The first kappa shape index (κ1) is 12.1. The van der Waals surface area contributed by atoms with Crippen LogP contribution in [0.4, 0.5) is 5.69 Å². The molecule has 19 heavy (non-hydrogen) atoms. The fraction of sp³-hybridized carbons (Fsp3) is 0.125. The van der Waals surface area contributed by atoms with Gasteiger partial charge in [-0.15, -0.1) is 11.3 Å². The molecule has 2 aromatic carbocycles. The Balaban J connectivity index is 1.74. The Bertz CT molecular complexity index is 657. The number of fused-ring (bicyclic) bond motifs is 1. The predicted octanol–water partition coefficient (Wildman–Crippen LogP) is 4.52. The normalized spacial score (nSPS) is 10.6. The van der Waals surface area contributed by atoms with Crippen molar-refractivity contribution in [1.29, 1.82) is 0 Å². The van der Waals surface area contributed by atoms with Crippen molar-refractivity contribution in [3.05, 3.63) is 59.5 Å². The van der Waals surface area contributed by atoms with Gasteiger partial charge in [-0.05, 0) is 29.7 Å². The number of benzene rings is 2. The smallest absolute Gasteiger partial charge is 0.120 e. The fourth-order valence-corrected chi connectivity index (χ4v) is 3.05. The summed E-state index contributed by atoms with van der Waals surface area (Å²) in [4.78, 5) is 1.34. The van der Waals surface area contributed by atoms with E-state index in [0.717, 1.165) is 18.0 Å². The zero-order chi connectivity index (χ0) is 13.1. The molecule has 1 N–H and O–H groups in total. The Hall–Kier alpha value is -2.00. The standard InChI is InChI=1S/C16H15NOS/c1-18-14-7-4-6-13(10-14)17-11-15-9-12-5-2-3-8-16(12)19-15/h2-10,17H,11H2,1H3. The first-order chi connectivity index (χ1) is 9.35. The molecule has 0 aliphatic rings. The second kappa shape index (κ2) is 5.33. The van der Waals surface area contributed by atoms with Crippen LogP contribution in [-0.2, 0) is 6.54 Å². The minimum atomic E-state index is 0.840. The zero-order valence-corrected chi connectivity index (χ0v) is 11.5. The van der Waals surface area contributed by atoms with E-state index in [9.17, 15) is 0 Å². The van der Waals surface area contributed by atoms with Gasteiger partial charge < -0.3 is 10.1 Å². The number of hydrogen-bond acceptors (Lipinski definition) is 3. The van der Waals surface area contributed by atoms with Crippen LogP contribution >= 0.6 is 11.3 Å². The minimum absolute atomic E-state index is 0.840. The second-order valence-electron chi connectivity index (χ2n) is 4.34. The topological polar surface area (TPSA) is 21.3 Å². The van der Waals surface area contributed by atoms with E-state index in [2.05, 4.69) is 41.7 Å².